The van der Waals surface area contributed by atoms with Crippen LogP contribution in [0, 0.1) is 11.8 Å². The van der Waals surface area contributed by atoms with E-state index >= 15 is 0 Å². The van der Waals surface area contributed by atoms with E-state index in [1.54, 1.807) is 17.9 Å². The van der Waals surface area contributed by atoms with Crippen LogP contribution in [0.1, 0.15) is 43.2 Å². The number of nitrogens with one attached hydrogen (secondary N) is 1. The lowest BCUT2D eigenvalue weighted by molar-refractivity contribution is -0.142. The zero-order valence-electron chi connectivity index (χ0n) is 12.5. The van der Waals surface area contributed by atoms with Crippen molar-refractivity contribution in [3.63, 3.8) is 0 Å². The number of carbonyl (C=O) groups is 2. The smallest absolute Gasteiger partial charge is 0.308 e. The summed E-state index contributed by atoms with van der Waals surface area (Å²) < 4.78 is 1.59. The molecule has 1 aromatic rings. The molecule has 1 amide bonds. The molecular formula is C14H23N3O3. The lowest BCUT2D eigenvalue weighted by Gasteiger charge is -2.15. The van der Waals surface area contributed by atoms with Gasteiger partial charge in [0.2, 0.25) is 0 Å². The summed E-state index contributed by atoms with van der Waals surface area (Å²) in [6, 6.07) is 0. The molecule has 0 spiro atoms. The highest BCUT2D eigenvalue weighted by Gasteiger charge is 2.21. The van der Waals surface area contributed by atoms with Crippen molar-refractivity contribution in [2.75, 3.05) is 6.54 Å². The maximum absolute atomic E-state index is 12.1. The van der Waals surface area contributed by atoms with Crippen LogP contribution < -0.4 is 5.32 Å². The molecule has 6 heteroatoms. The summed E-state index contributed by atoms with van der Waals surface area (Å²) in [5, 5.41) is 16.0. The Morgan fingerprint density at radius 3 is 2.60 bits per heavy atom. The maximum atomic E-state index is 12.1. The van der Waals surface area contributed by atoms with Crippen LogP contribution in [0.5, 0.6) is 0 Å². The first-order valence-corrected chi connectivity index (χ1v) is 6.88. The van der Waals surface area contributed by atoms with Crippen molar-refractivity contribution in [3.8, 4) is 0 Å². The molecule has 2 N–H and O–H groups in total. The first-order chi connectivity index (χ1) is 9.35. The third-order valence-corrected chi connectivity index (χ3v) is 3.10. The molecule has 0 saturated carbocycles. The third-order valence-electron chi connectivity index (χ3n) is 3.10. The average Bonchev–Trinajstić information content (AvgIpc) is 2.74. The first kappa shape index (κ1) is 16.2. The van der Waals surface area contributed by atoms with Gasteiger partial charge in [0, 0.05) is 19.8 Å². The van der Waals surface area contributed by atoms with E-state index in [9.17, 15) is 9.59 Å². The minimum Gasteiger partial charge on any atom is -0.481 e. The van der Waals surface area contributed by atoms with Crippen molar-refractivity contribution >= 4 is 11.9 Å². The number of amides is 1. The monoisotopic (exact) mass is 281 g/mol. The Bertz CT molecular complexity index is 480. The summed E-state index contributed by atoms with van der Waals surface area (Å²) in [5.41, 5.74) is 1.24. The molecule has 1 heterocycles. The van der Waals surface area contributed by atoms with E-state index in [0.29, 0.717) is 18.4 Å². The zero-order valence-corrected chi connectivity index (χ0v) is 12.5. The molecule has 20 heavy (non-hydrogen) atoms. The van der Waals surface area contributed by atoms with E-state index in [1.807, 2.05) is 20.8 Å². The largest absolute Gasteiger partial charge is 0.481 e. The molecule has 1 unspecified atom stereocenters. The molecule has 6 nitrogen and oxygen atoms in total. The number of hydrogen-bond acceptors (Lipinski definition) is 3. The van der Waals surface area contributed by atoms with Gasteiger partial charge in [-0.15, -0.1) is 0 Å². The molecule has 1 atom stereocenters. The Balaban J connectivity index is 2.67. The summed E-state index contributed by atoms with van der Waals surface area (Å²) in [4.78, 5) is 23.2. The van der Waals surface area contributed by atoms with Crippen molar-refractivity contribution in [1.82, 2.24) is 15.1 Å². The van der Waals surface area contributed by atoms with Crippen LogP contribution >= 0.6 is 0 Å². The topological polar surface area (TPSA) is 84.2 Å². The molecular weight excluding hydrogens is 258 g/mol. The van der Waals surface area contributed by atoms with Crippen LogP contribution in [-0.4, -0.2) is 33.3 Å². The van der Waals surface area contributed by atoms with Gasteiger partial charge in [0.05, 0.1) is 17.2 Å². The van der Waals surface area contributed by atoms with Gasteiger partial charge < -0.3 is 10.4 Å². The van der Waals surface area contributed by atoms with Crippen LogP contribution in [0.2, 0.25) is 0 Å². The van der Waals surface area contributed by atoms with Gasteiger partial charge in [0.1, 0.15) is 0 Å². The molecule has 0 saturated heterocycles. The first-order valence-electron chi connectivity index (χ1n) is 6.88. The number of aliphatic carboxylic acids is 1. The van der Waals surface area contributed by atoms with Crippen molar-refractivity contribution in [2.45, 2.75) is 33.6 Å². The number of aromatic nitrogens is 2. The fourth-order valence-electron chi connectivity index (χ4n) is 2.14. The van der Waals surface area contributed by atoms with E-state index in [0.717, 1.165) is 5.69 Å². The van der Waals surface area contributed by atoms with Crippen molar-refractivity contribution < 1.29 is 14.7 Å². The molecule has 1 rings (SSSR count). The second kappa shape index (κ2) is 7.07. The second-order valence-electron chi connectivity index (χ2n) is 5.39. The molecule has 112 valence electrons. The summed E-state index contributed by atoms with van der Waals surface area (Å²) in [5.74, 6) is -1.41. The van der Waals surface area contributed by atoms with Crippen LogP contribution in [0.4, 0.5) is 0 Å². The third kappa shape index (κ3) is 4.36. The quantitative estimate of drug-likeness (QED) is 0.792. The Morgan fingerprint density at radius 1 is 1.45 bits per heavy atom. The molecule has 0 aliphatic rings. The van der Waals surface area contributed by atoms with Gasteiger partial charge in [-0.05, 0) is 18.8 Å². The number of hydrogen-bond donors (Lipinski definition) is 2. The van der Waals surface area contributed by atoms with Crippen LogP contribution in [0.3, 0.4) is 0 Å². The molecule has 0 aliphatic heterocycles. The van der Waals surface area contributed by atoms with Gasteiger partial charge in [0.25, 0.3) is 5.91 Å². The Morgan fingerprint density at radius 2 is 2.10 bits per heavy atom. The Labute approximate surface area is 119 Å². The SMILES string of the molecule is CCc1nn(C)cc1C(=O)NCC(CC(C)C)C(=O)O. The molecule has 0 radical (unpaired) electrons. The van der Waals surface area contributed by atoms with E-state index in [4.69, 9.17) is 5.11 Å². The standard InChI is InChI=1S/C14H23N3O3/c1-5-12-11(8-17(4)16-12)13(18)15-7-10(14(19)20)6-9(2)3/h8-10H,5-7H2,1-4H3,(H,15,18)(H,19,20). The van der Waals surface area contributed by atoms with E-state index in [1.165, 1.54) is 0 Å². The van der Waals surface area contributed by atoms with Crippen LogP contribution in [-0.2, 0) is 18.3 Å². The zero-order chi connectivity index (χ0) is 15.3. The summed E-state index contributed by atoms with van der Waals surface area (Å²) in [6.45, 7) is 6.00. The highest BCUT2D eigenvalue weighted by atomic mass is 16.4. The number of carboxylic acid groups (broad SMARTS) is 1. The fourth-order valence-corrected chi connectivity index (χ4v) is 2.14. The van der Waals surface area contributed by atoms with Crippen molar-refractivity contribution in [1.29, 1.82) is 0 Å². The normalized spacial score (nSPS) is 12.4. The molecule has 0 aromatic carbocycles. The van der Waals surface area contributed by atoms with Gasteiger partial charge in [-0.2, -0.15) is 5.10 Å². The number of carbonyl (C=O) groups excluding carboxylic acids is 1. The summed E-state index contributed by atoms with van der Waals surface area (Å²) in [6.07, 6.45) is 2.87. The van der Waals surface area contributed by atoms with Crippen LogP contribution in [0.25, 0.3) is 0 Å². The van der Waals surface area contributed by atoms with Crippen molar-refractivity contribution in [2.24, 2.45) is 18.9 Å². The van der Waals surface area contributed by atoms with E-state index in [2.05, 4.69) is 10.4 Å². The number of rotatable bonds is 7. The second-order valence-corrected chi connectivity index (χ2v) is 5.39. The summed E-state index contributed by atoms with van der Waals surface area (Å²) in [7, 11) is 1.76. The van der Waals surface area contributed by atoms with Crippen molar-refractivity contribution in [3.05, 3.63) is 17.5 Å². The minimum atomic E-state index is -0.874. The van der Waals surface area contributed by atoms with Gasteiger partial charge in [-0.3, -0.25) is 14.3 Å². The van der Waals surface area contributed by atoms with Gasteiger partial charge in [-0.25, -0.2) is 0 Å². The van der Waals surface area contributed by atoms with E-state index in [-0.39, 0.29) is 18.4 Å². The lowest BCUT2D eigenvalue weighted by Crippen LogP contribution is -2.33. The maximum Gasteiger partial charge on any atom is 0.308 e. The fraction of sp³-hybridized carbons (Fsp3) is 0.643. The van der Waals surface area contributed by atoms with Crippen LogP contribution in [0.15, 0.2) is 6.20 Å². The number of aryl methyl sites for hydroxylation is 2. The summed E-state index contributed by atoms with van der Waals surface area (Å²) >= 11 is 0. The molecule has 0 fully saturated rings. The van der Waals surface area contributed by atoms with E-state index < -0.39 is 11.9 Å². The molecule has 0 bridgehead atoms. The Kier molecular flexibility index (Phi) is 5.73. The predicted octanol–water partition coefficient (Wildman–Crippen LogP) is 1.46. The highest BCUT2D eigenvalue weighted by molar-refractivity contribution is 5.95. The minimum absolute atomic E-state index is 0.143. The van der Waals surface area contributed by atoms with Gasteiger partial charge in [0.15, 0.2) is 0 Å². The molecule has 1 aromatic heterocycles. The molecule has 0 aliphatic carbocycles. The van der Waals surface area contributed by atoms with Gasteiger partial charge in [-0.1, -0.05) is 20.8 Å². The number of carboxylic acids is 1. The highest BCUT2D eigenvalue weighted by Crippen LogP contribution is 2.12. The van der Waals surface area contributed by atoms with Gasteiger partial charge >= 0.3 is 5.97 Å². The Hall–Kier alpha value is -1.85. The number of nitrogens with zero attached hydrogens (tertiary/aromatic N) is 2. The lowest BCUT2D eigenvalue weighted by atomic mass is 9.97. The predicted molar refractivity (Wildman–Crippen MR) is 75.5 cm³/mol. The average molecular weight is 281 g/mol.